The molecular weight excluding hydrogens is 202 g/mol. The van der Waals surface area contributed by atoms with Gasteiger partial charge in [-0.05, 0) is 12.6 Å². The van der Waals surface area contributed by atoms with Gasteiger partial charge in [0.1, 0.15) is 0 Å². The molecule has 0 bridgehead atoms. The molecule has 2 heterocycles. The average molecular weight is 219 g/mol. The van der Waals surface area contributed by atoms with Gasteiger partial charge < -0.3 is 9.88 Å². The van der Waals surface area contributed by atoms with Crippen molar-refractivity contribution in [2.45, 2.75) is 13.0 Å². The van der Waals surface area contributed by atoms with Crippen LogP contribution in [0.3, 0.4) is 0 Å². The van der Waals surface area contributed by atoms with Crippen LogP contribution in [0.15, 0.2) is 24.8 Å². The molecule has 0 aromatic carbocycles. The Balaban J connectivity index is 2.34. The maximum absolute atomic E-state index is 4.44. The highest BCUT2D eigenvalue weighted by Crippen LogP contribution is 2.19. The highest BCUT2D eigenvalue weighted by molar-refractivity contribution is 5.19. The van der Waals surface area contributed by atoms with E-state index >= 15 is 0 Å². The average Bonchev–Trinajstić information content (AvgIpc) is 2.84. The summed E-state index contributed by atoms with van der Waals surface area (Å²) in [6, 6.07) is 2.14. The van der Waals surface area contributed by atoms with Gasteiger partial charge in [-0.2, -0.15) is 5.10 Å². The molecule has 0 radical (unpaired) electrons. The zero-order valence-corrected chi connectivity index (χ0v) is 9.88. The third-order valence-corrected chi connectivity index (χ3v) is 2.59. The number of aryl methyl sites for hydroxylation is 2. The molecule has 2 aromatic heterocycles. The van der Waals surface area contributed by atoms with E-state index in [1.807, 2.05) is 48.1 Å². The molecule has 5 nitrogen and oxygen atoms in total. The van der Waals surface area contributed by atoms with E-state index in [0.717, 1.165) is 17.9 Å². The van der Waals surface area contributed by atoms with E-state index in [1.54, 1.807) is 0 Å². The lowest BCUT2D eigenvalue weighted by molar-refractivity contribution is 0.569. The summed E-state index contributed by atoms with van der Waals surface area (Å²) in [5.74, 6) is 0. The first-order valence-corrected chi connectivity index (χ1v) is 5.41. The van der Waals surface area contributed by atoms with Crippen molar-refractivity contribution >= 4 is 0 Å². The van der Waals surface area contributed by atoms with Gasteiger partial charge in [0.2, 0.25) is 0 Å². The number of aromatic nitrogens is 4. The van der Waals surface area contributed by atoms with Crippen LogP contribution in [-0.4, -0.2) is 25.9 Å². The highest BCUT2D eigenvalue weighted by atomic mass is 15.3. The molecule has 1 atom stereocenters. The van der Waals surface area contributed by atoms with Gasteiger partial charge in [-0.25, -0.2) is 4.98 Å². The first-order valence-electron chi connectivity index (χ1n) is 5.41. The summed E-state index contributed by atoms with van der Waals surface area (Å²) in [4.78, 5) is 4.15. The zero-order valence-electron chi connectivity index (χ0n) is 9.88. The van der Waals surface area contributed by atoms with Crippen LogP contribution in [-0.2, 0) is 14.1 Å². The molecule has 5 heteroatoms. The molecule has 0 aliphatic carbocycles. The Morgan fingerprint density at radius 3 is 2.75 bits per heavy atom. The third kappa shape index (κ3) is 1.99. The Bertz CT molecular complexity index is 456. The van der Waals surface area contributed by atoms with Crippen LogP contribution in [0.5, 0.6) is 0 Å². The third-order valence-electron chi connectivity index (χ3n) is 2.59. The van der Waals surface area contributed by atoms with Crippen molar-refractivity contribution in [3.05, 3.63) is 36.2 Å². The normalized spacial score (nSPS) is 12.9. The Labute approximate surface area is 95.1 Å². The molecule has 0 saturated carbocycles. The zero-order chi connectivity index (χ0) is 11.5. The molecule has 0 saturated heterocycles. The molecule has 2 aromatic rings. The lowest BCUT2D eigenvalue weighted by Crippen LogP contribution is -2.24. The monoisotopic (exact) mass is 219 g/mol. The molecule has 86 valence electrons. The minimum atomic E-state index is 0.110. The van der Waals surface area contributed by atoms with Crippen LogP contribution < -0.4 is 5.32 Å². The Kier molecular flexibility index (Phi) is 3.05. The summed E-state index contributed by atoms with van der Waals surface area (Å²) >= 11 is 0. The SMILES string of the molecule is CCNC(c1ccn(C)n1)c1cncn1C. The van der Waals surface area contributed by atoms with Crippen molar-refractivity contribution < 1.29 is 0 Å². The number of imidazole rings is 1. The van der Waals surface area contributed by atoms with Crippen molar-refractivity contribution in [2.24, 2.45) is 14.1 Å². The predicted octanol–water partition coefficient (Wildman–Crippen LogP) is 0.852. The summed E-state index contributed by atoms with van der Waals surface area (Å²) in [5, 5.41) is 7.86. The van der Waals surface area contributed by atoms with Gasteiger partial charge in [-0.15, -0.1) is 0 Å². The van der Waals surface area contributed by atoms with Crippen LogP contribution in [0.25, 0.3) is 0 Å². The van der Waals surface area contributed by atoms with Gasteiger partial charge in [-0.3, -0.25) is 4.68 Å². The van der Waals surface area contributed by atoms with Crippen LogP contribution >= 0.6 is 0 Å². The standard InChI is InChI=1S/C11H17N5/c1-4-13-11(9-5-6-16(3)14-9)10-7-12-8-15(10)2/h5-8,11,13H,4H2,1-3H3. The number of nitrogens with zero attached hydrogens (tertiary/aromatic N) is 4. The van der Waals surface area contributed by atoms with Gasteiger partial charge in [-0.1, -0.05) is 6.92 Å². The van der Waals surface area contributed by atoms with E-state index in [9.17, 15) is 0 Å². The Hall–Kier alpha value is -1.62. The molecule has 0 spiro atoms. The summed E-state index contributed by atoms with van der Waals surface area (Å²) < 4.78 is 3.83. The fourth-order valence-electron chi connectivity index (χ4n) is 1.80. The van der Waals surface area contributed by atoms with Crippen LogP contribution in [0.2, 0.25) is 0 Å². The summed E-state index contributed by atoms with van der Waals surface area (Å²) in [7, 11) is 3.92. The maximum Gasteiger partial charge on any atom is 0.0946 e. The number of hydrogen-bond donors (Lipinski definition) is 1. The second kappa shape index (κ2) is 4.49. The smallest absolute Gasteiger partial charge is 0.0946 e. The second-order valence-corrected chi connectivity index (χ2v) is 3.83. The van der Waals surface area contributed by atoms with E-state index in [-0.39, 0.29) is 6.04 Å². The fraction of sp³-hybridized carbons (Fsp3) is 0.455. The quantitative estimate of drug-likeness (QED) is 0.829. The topological polar surface area (TPSA) is 47.7 Å². The van der Waals surface area contributed by atoms with Gasteiger partial charge in [0.05, 0.1) is 30.0 Å². The van der Waals surface area contributed by atoms with E-state index in [1.165, 1.54) is 0 Å². The van der Waals surface area contributed by atoms with Crippen molar-refractivity contribution in [3.8, 4) is 0 Å². The van der Waals surface area contributed by atoms with Crippen molar-refractivity contribution in [2.75, 3.05) is 6.54 Å². The van der Waals surface area contributed by atoms with Gasteiger partial charge in [0.15, 0.2) is 0 Å². The van der Waals surface area contributed by atoms with E-state index in [0.29, 0.717) is 0 Å². The molecule has 0 amide bonds. The number of rotatable bonds is 4. The summed E-state index contributed by atoms with van der Waals surface area (Å²) in [5.41, 5.74) is 2.15. The molecule has 1 N–H and O–H groups in total. The van der Waals surface area contributed by atoms with Crippen molar-refractivity contribution in [3.63, 3.8) is 0 Å². The van der Waals surface area contributed by atoms with Gasteiger partial charge >= 0.3 is 0 Å². The van der Waals surface area contributed by atoms with Crippen LogP contribution in [0.4, 0.5) is 0 Å². The molecular formula is C11H17N5. The maximum atomic E-state index is 4.44. The minimum absolute atomic E-state index is 0.110. The summed E-state index contributed by atoms with van der Waals surface area (Å²) in [6.07, 6.45) is 5.64. The number of nitrogens with one attached hydrogen (secondary N) is 1. The molecule has 1 unspecified atom stereocenters. The minimum Gasteiger partial charge on any atom is -0.336 e. The van der Waals surface area contributed by atoms with Crippen LogP contribution in [0.1, 0.15) is 24.4 Å². The fourth-order valence-corrected chi connectivity index (χ4v) is 1.80. The Morgan fingerprint density at radius 2 is 2.25 bits per heavy atom. The lowest BCUT2D eigenvalue weighted by Gasteiger charge is -2.15. The molecule has 0 aliphatic heterocycles. The molecule has 16 heavy (non-hydrogen) atoms. The van der Waals surface area contributed by atoms with Crippen molar-refractivity contribution in [1.29, 1.82) is 0 Å². The second-order valence-electron chi connectivity index (χ2n) is 3.83. The van der Waals surface area contributed by atoms with Crippen molar-refractivity contribution in [1.82, 2.24) is 24.6 Å². The predicted molar refractivity (Wildman–Crippen MR) is 61.9 cm³/mol. The molecule has 0 aliphatic rings. The van der Waals surface area contributed by atoms with Crippen LogP contribution in [0, 0.1) is 0 Å². The largest absolute Gasteiger partial charge is 0.336 e. The Morgan fingerprint density at radius 1 is 1.44 bits per heavy atom. The lowest BCUT2D eigenvalue weighted by atomic mass is 10.1. The summed E-state index contributed by atoms with van der Waals surface area (Å²) in [6.45, 7) is 2.98. The number of hydrogen-bond acceptors (Lipinski definition) is 3. The van der Waals surface area contributed by atoms with Gasteiger partial charge in [0, 0.05) is 20.3 Å². The van der Waals surface area contributed by atoms with Gasteiger partial charge in [0.25, 0.3) is 0 Å². The van der Waals surface area contributed by atoms with E-state index in [2.05, 4.69) is 22.3 Å². The first kappa shape index (κ1) is 10.9. The molecule has 2 rings (SSSR count). The highest BCUT2D eigenvalue weighted by Gasteiger charge is 2.18. The van der Waals surface area contributed by atoms with E-state index < -0.39 is 0 Å². The first-order chi connectivity index (χ1) is 7.72. The van der Waals surface area contributed by atoms with E-state index in [4.69, 9.17) is 0 Å². The molecule has 0 fully saturated rings.